The van der Waals surface area contributed by atoms with E-state index in [4.69, 9.17) is 0 Å². The molecular weight excluding hydrogens is 172 g/mol. The Balaban J connectivity index is 2.62. The summed E-state index contributed by atoms with van der Waals surface area (Å²) in [7, 11) is 2.12. The molecule has 70 valence electrons. The van der Waals surface area contributed by atoms with Crippen LogP contribution in [0.1, 0.15) is 5.69 Å². The van der Waals surface area contributed by atoms with Crippen molar-refractivity contribution in [3.8, 4) is 0 Å². The highest BCUT2D eigenvalue weighted by Crippen LogP contribution is 2.24. The zero-order chi connectivity index (χ0) is 9.71. The van der Waals surface area contributed by atoms with Crippen molar-refractivity contribution in [3.05, 3.63) is 42.4 Å². The number of aromatic nitrogens is 2. The Morgan fingerprint density at radius 2 is 2.07 bits per heavy atom. The largest absolute Gasteiger partial charge is 0.346 e. The fraction of sp³-hybridized carbons (Fsp3) is 0.167. The second-order valence-electron chi connectivity index (χ2n) is 3.77. The lowest BCUT2D eigenvalue weighted by atomic mass is 10.3. The van der Waals surface area contributed by atoms with E-state index in [9.17, 15) is 0 Å². The first-order valence-corrected chi connectivity index (χ1v) is 4.79. The summed E-state index contributed by atoms with van der Waals surface area (Å²) in [5, 5.41) is 1.32. The molecule has 0 aromatic carbocycles. The second kappa shape index (κ2) is 2.41. The fourth-order valence-electron chi connectivity index (χ4n) is 2.10. The van der Waals surface area contributed by atoms with E-state index < -0.39 is 0 Å². The molecule has 0 spiro atoms. The number of pyridine rings is 1. The molecule has 0 saturated carbocycles. The minimum absolute atomic E-state index is 1.28. The van der Waals surface area contributed by atoms with Crippen LogP contribution in [0.4, 0.5) is 0 Å². The first kappa shape index (κ1) is 7.68. The Morgan fingerprint density at radius 1 is 1.21 bits per heavy atom. The standard InChI is InChI=1S/C12H12N2/c1-9-7-10-8-14-6-4-3-5-11(14)12(10)13(9)2/h3-8H,1-2H3. The molecule has 0 radical (unpaired) electrons. The number of fused-ring (bicyclic) bond motifs is 3. The van der Waals surface area contributed by atoms with Crippen LogP contribution in [-0.4, -0.2) is 8.97 Å². The van der Waals surface area contributed by atoms with Crippen molar-refractivity contribution in [1.82, 2.24) is 8.97 Å². The summed E-state index contributed by atoms with van der Waals surface area (Å²) in [5.74, 6) is 0. The molecule has 0 atom stereocenters. The SMILES string of the molecule is Cc1cc2cn3ccccc3c2n1C. The quantitative estimate of drug-likeness (QED) is 0.508. The number of nitrogens with zero attached hydrogens (tertiary/aromatic N) is 2. The number of hydrogen-bond donors (Lipinski definition) is 0. The lowest BCUT2D eigenvalue weighted by molar-refractivity contribution is 0.919. The molecule has 2 heteroatoms. The third-order valence-electron chi connectivity index (χ3n) is 2.91. The molecule has 14 heavy (non-hydrogen) atoms. The predicted octanol–water partition coefficient (Wildman–Crippen LogP) is 2.74. The van der Waals surface area contributed by atoms with Crippen LogP contribution in [0.3, 0.4) is 0 Å². The number of aryl methyl sites for hydroxylation is 2. The van der Waals surface area contributed by atoms with Gasteiger partial charge in [-0.2, -0.15) is 0 Å². The van der Waals surface area contributed by atoms with E-state index in [1.807, 2.05) is 0 Å². The van der Waals surface area contributed by atoms with Crippen LogP contribution in [-0.2, 0) is 7.05 Å². The molecule has 3 heterocycles. The van der Waals surface area contributed by atoms with Crippen LogP contribution in [0.15, 0.2) is 36.7 Å². The monoisotopic (exact) mass is 184 g/mol. The lowest BCUT2D eigenvalue weighted by Crippen LogP contribution is -1.90. The highest BCUT2D eigenvalue weighted by Gasteiger charge is 2.07. The fourth-order valence-corrected chi connectivity index (χ4v) is 2.10. The summed E-state index contributed by atoms with van der Waals surface area (Å²) in [6.45, 7) is 2.14. The van der Waals surface area contributed by atoms with Gasteiger partial charge in [-0.25, -0.2) is 0 Å². The summed E-state index contributed by atoms with van der Waals surface area (Å²) in [6, 6.07) is 8.51. The lowest BCUT2D eigenvalue weighted by Gasteiger charge is -1.98. The molecule has 3 rings (SSSR count). The first-order chi connectivity index (χ1) is 6.77. The number of rotatable bonds is 0. The van der Waals surface area contributed by atoms with Gasteiger partial charge in [0.2, 0.25) is 0 Å². The van der Waals surface area contributed by atoms with Gasteiger partial charge in [0.1, 0.15) is 0 Å². The van der Waals surface area contributed by atoms with E-state index in [0.717, 1.165) is 0 Å². The molecule has 0 fully saturated rings. The van der Waals surface area contributed by atoms with Crippen molar-refractivity contribution in [2.45, 2.75) is 6.92 Å². The van der Waals surface area contributed by atoms with Crippen LogP contribution in [0, 0.1) is 6.92 Å². The van der Waals surface area contributed by atoms with Gasteiger partial charge >= 0.3 is 0 Å². The van der Waals surface area contributed by atoms with Gasteiger partial charge in [0.05, 0.1) is 11.0 Å². The predicted molar refractivity (Wildman–Crippen MR) is 58.6 cm³/mol. The second-order valence-corrected chi connectivity index (χ2v) is 3.77. The van der Waals surface area contributed by atoms with Gasteiger partial charge in [0.15, 0.2) is 0 Å². The maximum absolute atomic E-state index is 2.24. The zero-order valence-corrected chi connectivity index (χ0v) is 8.36. The van der Waals surface area contributed by atoms with E-state index in [2.05, 4.69) is 59.6 Å². The summed E-state index contributed by atoms with van der Waals surface area (Å²) in [6.07, 6.45) is 4.27. The van der Waals surface area contributed by atoms with Crippen LogP contribution in [0.2, 0.25) is 0 Å². The summed E-state index contributed by atoms with van der Waals surface area (Å²) >= 11 is 0. The van der Waals surface area contributed by atoms with Crippen LogP contribution in [0.25, 0.3) is 16.4 Å². The van der Waals surface area contributed by atoms with Gasteiger partial charge in [-0.15, -0.1) is 0 Å². The van der Waals surface area contributed by atoms with E-state index in [1.54, 1.807) is 0 Å². The van der Waals surface area contributed by atoms with Crippen LogP contribution in [0.5, 0.6) is 0 Å². The topological polar surface area (TPSA) is 9.34 Å². The average molecular weight is 184 g/mol. The van der Waals surface area contributed by atoms with Crippen molar-refractivity contribution >= 4 is 16.4 Å². The van der Waals surface area contributed by atoms with E-state index in [1.165, 1.54) is 22.1 Å². The van der Waals surface area contributed by atoms with Crippen molar-refractivity contribution in [2.24, 2.45) is 7.05 Å². The van der Waals surface area contributed by atoms with Crippen LogP contribution < -0.4 is 0 Å². The van der Waals surface area contributed by atoms with Gasteiger partial charge in [0, 0.05) is 30.5 Å². The molecule has 3 aromatic heterocycles. The third-order valence-corrected chi connectivity index (χ3v) is 2.91. The van der Waals surface area contributed by atoms with Crippen molar-refractivity contribution < 1.29 is 0 Å². The minimum Gasteiger partial charge on any atom is -0.346 e. The Labute approximate surface area is 82.4 Å². The van der Waals surface area contributed by atoms with Gasteiger partial charge in [-0.3, -0.25) is 0 Å². The summed E-state index contributed by atoms with van der Waals surface area (Å²) in [5.41, 5.74) is 3.91. The van der Waals surface area contributed by atoms with E-state index in [-0.39, 0.29) is 0 Å². The summed E-state index contributed by atoms with van der Waals surface area (Å²) in [4.78, 5) is 0. The molecule has 0 aliphatic carbocycles. The maximum Gasteiger partial charge on any atom is 0.0739 e. The normalized spacial score (nSPS) is 11.6. The van der Waals surface area contributed by atoms with Gasteiger partial charge in [-0.1, -0.05) is 6.07 Å². The zero-order valence-electron chi connectivity index (χ0n) is 8.36. The van der Waals surface area contributed by atoms with Gasteiger partial charge in [-0.05, 0) is 25.1 Å². The highest BCUT2D eigenvalue weighted by molar-refractivity contribution is 5.95. The van der Waals surface area contributed by atoms with Crippen molar-refractivity contribution in [1.29, 1.82) is 0 Å². The van der Waals surface area contributed by atoms with Crippen molar-refractivity contribution in [3.63, 3.8) is 0 Å². The molecule has 3 aromatic rings. The maximum atomic E-state index is 2.24. The van der Waals surface area contributed by atoms with Crippen molar-refractivity contribution in [2.75, 3.05) is 0 Å². The van der Waals surface area contributed by atoms with E-state index >= 15 is 0 Å². The summed E-state index contributed by atoms with van der Waals surface area (Å²) < 4.78 is 4.41. The van der Waals surface area contributed by atoms with E-state index in [0.29, 0.717) is 0 Å². The Hall–Kier alpha value is -1.70. The molecule has 0 saturated heterocycles. The molecule has 0 N–H and O–H groups in total. The van der Waals surface area contributed by atoms with Gasteiger partial charge < -0.3 is 8.97 Å². The van der Waals surface area contributed by atoms with Gasteiger partial charge in [0.25, 0.3) is 0 Å². The molecular formula is C12H12N2. The molecule has 2 nitrogen and oxygen atoms in total. The smallest absolute Gasteiger partial charge is 0.0739 e. The third kappa shape index (κ3) is 0.803. The first-order valence-electron chi connectivity index (χ1n) is 4.79. The Kier molecular flexibility index (Phi) is 1.32. The Morgan fingerprint density at radius 3 is 2.93 bits per heavy atom. The molecule has 0 aliphatic rings. The number of hydrogen-bond acceptors (Lipinski definition) is 0. The molecule has 0 bridgehead atoms. The minimum atomic E-state index is 1.28. The highest BCUT2D eigenvalue weighted by atomic mass is 15.0. The average Bonchev–Trinajstić information content (AvgIpc) is 2.65. The Bertz CT molecular complexity index is 614. The molecule has 0 amide bonds. The molecule has 0 aliphatic heterocycles. The van der Waals surface area contributed by atoms with Crippen LogP contribution >= 0.6 is 0 Å². The molecule has 0 unspecified atom stereocenters.